The Bertz CT molecular complexity index is 1040. The SMILES string of the molecule is C[C@@]1(c2ccc(Cl)cc2Cl)NC(=O)N(CC(=O)N[C@H]2CCCc3ccccc32)C1=O. The van der Waals surface area contributed by atoms with E-state index in [1.807, 2.05) is 18.2 Å². The lowest BCUT2D eigenvalue weighted by Crippen LogP contribution is -2.44. The van der Waals surface area contributed by atoms with Crippen LogP contribution in [0, 0.1) is 0 Å². The molecule has 4 amide bonds. The highest BCUT2D eigenvalue weighted by Crippen LogP contribution is 2.35. The fourth-order valence-electron chi connectivity index (χ4n) is 4.21. The molecule has 2 atom stereocenters. The molecule has 0 spiro atoms. The van der Waals surface area contributed by atoms with E-state index in [-0.39, 0.29) is 23.5 Å². The number of imide groups is 1. The fourth-order valence-corrected chi connectivity index (χ4v) is 4.80. The molecule has 156 valence electrons. The van der Waals surface area contributed by atoms with E-state index in [9.17, 15) is 14.4 Å². The Labute approximate surface area is 184 Å². The molecule has 0 aromatic heterocycles. The van der Waals surface area contributed by atoms with Gasteiger partial charge in [0.1, 0.15) is 12.1 Å². The largest absolute Gasteiger partial charge is 0.348 e. The van der Waals surface area contributed by atoms with Gasteiger partial charge in [-0.15, -0.1) is 0 Å². The molecule has 0 unspecified atom stereocenters. The number of hydrogen-bond donors (Lipinski definition) is 2. The highest BCUT2D eigenvalue weighted by molar-refractivity contribution is 6.35. The first-order valence-electron chi connectivity index (χ1n) is 9.76. The number of rotatable bonds is 4. The number of urea groups is 1. The summed E-state index contributed by atoms with van der Waals surface area (Å²) in [5.41, 5.74) is 1.37. The third kappa shape index (κ3) is 3.66. The summed E-state index contributed by atoms with van der Waals surface area (Å²) in [5.74, 6) is -0.914. The number of aryl methyl sites for hydroxylation is 1. The second-order valence-electron chi connectivity index (χ2n) is 7.78. The molecule has 2 N–H and O–H groups in total. The number of fused-ring (bicyclic) bond motifs is 1. The molecule has 1 fully saturated rings. The van der Waals surface area contributed by atoms with Gasteiger partial charge in [-0.2, -0.15) is 0 Å². The van der Waals surface area contributed by atoms with Gasteiger partial charge in [-0.05, 0) is 49.4 Å². The van der Waals surface area contributed by atoms with Crippen molar-refractivity contribution >= 4 is 41.0 Å². The van der Waals surface area contributed by atoms with Gasteiger partial charge in [-0.1, -0.05) is 53.5 Å². The number of nitrogens with zero attached hydrogens (tertiary/aromatic N) is 1. The molecule has 1 aliphatic heterocycles. The maximum Gasteiger partial charge on any atom is 0.325 e. The van der Waals surface area contributed by atoms with E-state index in [0.717, 1.165) is 29.7 Å². The molecule has 0 radical (unpaired) electrons. The van der Waals surface area contributed by atoms with Gasteiger partial charge in [0.25, 0.3) is 5.91 Å². The van der Waals surface area contributed by atoms with Crippen molar-refractivity contribution in [2.45, 2.75) is 37.8 Å². The lowest BCUT2D eigenvalue weighted by molar-refractivity contribution is -0.135. The van der Waals surface area contributed by atoms with Crippen molar-refractivity contribution in [3.05, 3.63) is 69.2 Å². The number of hydrogen-bond acceptors (Lipinski definition) is 3. The van der Waals surface area contributed by atoms with Gasteiger partial charge < -0.3 is 10.6 Å². The number of amides is 4. The molecular formula is C22H21Cl2N3O3. The Morgan fingerprint density at radius 2 is 2.00 bits per heavy atom. The minimum atomic E-state index is -1.36. The average molecular weight is 446 g/mol. The van der Waals surface area contributed by atoms with Crippen LogP contribution in [-0.4, -0.2) is 29.3 Å². The second kappa shape index (κ2) is 7.93. The van der Waals surface area contributed by atoms with Gasteiger partial charge in [0.15, 0.2) is 0 Å². The van der Waals surface area contributed by atoms with E-state index >= 15 is 0 Å². The Morgan fingerprint density at radius 1 is 1.23 bits per heavy atom. The van der Waals surface area contributed by atoms with Crippen molar-refractivity contribution in [2.24, 2.45) is 0 Å². The summed E-state index contributed by atoms with van der Waals surface area (Å²) in [7, 11) is 0. The van der Waals surface area contributed by atoms with Crippen molar-refractivity contribution in [3.8, 4) is 0 Å². The molecule has 6 nitrogen and oxygen atoms in total. The van der Waals surface area contributed by atoms with Crippen LogP contribution in [0.25, 0.3) is 0 Å². The summed E-state index contributed by atoms with van der Waals surface area (Å²) in [4.78, 5) is 39.2. The maximum atomic E-state index is 13.1. The number of carbonyl (C=O) groups is 3. The molecule has 1 heterocycles. The zero-order valence-electron chi connectivity index (χ0n) is 16.4. The average Bonchev–Trinajstić information content (AvgIpc) is 2.92. The summed E-state index contributed by atoms with van der Waals surface area (Å²) in [6, 6.07) is 12.0. The normalized spacial score (nSPS) is 23.2. The topological polar surface area (TPSA) is 78.5 Å². The third-order valence-electron chi connectivity index (χ3n) is 5.75. The van der Waals surface area contributed by atoms with E-state index in [1.165, 1.54) is 11.6 Å². The summed E-state index contributed by atoms with van der Waals surface area (Å²) in [6.07, 6.45) is 2.77. The first-order chi connectivity index (χ1) is 14.3. The minimum Gasteiger partial charge on any atom is -0.348 e. The fraction of sp³-hybridized carbons (Fsp3) is 0.318. The highest BCUT2D eigenvalue weighted by atomic mass is 35.5. The van der Waals surface area contributed by atoms with Crippen molar-refractivity contribution < 1.29 is 14.4 Å². The molecule has 8 heteroatoms. The lowest BCUT2D eigenvalue weighted by Gasteiger charge is -2.27. The molecule has 0 saturated carbocycles. The predicted molar refractivity (Wildman–Crippen MR) is 114 cm³/mol. The molecule has 2 aliphatic rings. The summed E-state index contributed by atoms with van der Waals surface area (Å²) >= 11 is 12.2. The number of nitrogens with one attached hydrogen (secondary N) is 2. The van der Waals surface area contributed by atoms with Crippen LogP contribution < -0.4 is 10.6 Å². The molecule has 30 heavy (non-hydrogen) atoms. The van der Waals surface area contributed by atoms with Gasteiger partial charge in [0, 0.05) is 15.6 Å². The molecular weight excluding hydrogens is 425 g/mol. The number of benzene rings is 2. The standard InChI is InChI=1S/C22H21Cl2N3O3/c1-22(16-10-9-14(23)11-17(16)24)20(29)27(21(30)26-22)12-19(28)25-18-8-4-6-13-5-2-3-7-15(13)18/h2-3,5,7,9-11,18H,4,6,8,12H2,1H3,(H,25,28)(H,26,30)/t18-,22-/m0/s1. The van der Waals surface area contributed by atoms with Crippen molar-refractivity contribution in [2.75, 3.05) is 6.54 Å². The lowest BCUT2D eigenvalue weighted by atomic mass is 9.88. The Kier molecular flexibility index (Phi) is 5.47. The van der Waals surface area contributed by atoms with Crippen LogP contribution in [0.15, 0.2) is 42.5 Å². The molecule has 1 aliphatic carbocycles. The Balaban J connectivity index is 1.49. The van der Waals surface area contributed by atoms with Crippen molar-refractivity contribution in [1.29, 1.82) is 0 Å². The maximum absolute atomic E-state index is 13.1. The summed E-state index contributed by atoms with van der Waals surface area (Å²) in [5, 5.41) is 6.33. The van der Waals surface area contributed by atoms with Crippen LogP contribution in [0.5, 0.6) is 0 Å². The third-order valence-corrected chi connectivity index (χ3v) is 6.30. The second-order valence-corrected chi connectivity index (χ2v) is 8.63. The number of halogens is 2. The van der Waals surface area contributed by atoms with Gasteiger partial charge >= 0.3 is 6.03 Å². The quantitative estimate of drug-likeness (QED) is 0.699. The van der Waals surface area contributed by atoms with Gasteiger partial charge in [-0.25, -0.2) is 4.79 Å². The van der Waals surface area contributed by atoms with E-state index in [1.54, 1.807) is 19.1 Å². The highest BCUT2D eigenvalue weighted by Gasteiger charge is 2.50. The van der Waals surface area contributed by atoms with Crippen LogP contribution in [0.3, 0.4) is 0 Å². The van der Waals surface area contributed by atoms with Crippen LogP contribution in [0.4, 0.5) is 4.79 Å². The Morgan fingerprint density at radius 3 is 2.77 bits per heavy atom. The van der Waals surface area contributed by atoms with Crippen molar-refractivity contribution in [1.82, 2.24) is 15.5 Å². The summed E-state index contributed by atoms with van der Waals surface area (Å²) < 4.78 is 0. The Hall–Kier alpha value is -2.57. The first-order valence-corrected chi connectivity index (χ1v) is 10.5. The zero-order chi connectivity index (χ0) is 21.5. The van der Waals surface area contributed by atoms with Crippen LogP contribution in [0.1, 0.15) is 42.5 Å². The minimum absolute atomic E-state index is 0.125. The molecule has 4 rings (SSSR count). The molecule has 0 bridgehead atoms. The molecule has 2 aromatic rings. The van der Waals surface area contributed by atoms with E-state index in [2.05, 4.69) is 16.7 Å². The van der Waals surface area contributed by atoms with E-state index < -0.39 is 17.5 Å². The van der Waals surface area contributed by atoms with E-state index in [0.29, 0.717) is 10.6 Å². The smallest absolute Gasteiger partial charge is 0.325 e. The van der Waals surface area contributed by atoms with Crippen LogP contribution in [0.2, 0.25) is 10.0 Å². The van der Waals surface area contributed by atoms with Crippen molar-refractivity contribution in [3.63, 3.8) is 0 Å². The monoisotopic (exact) mass is 445 g/mol. The van der Waals surface area contributed by atoms with Crippen LogP contribution in [-0.2, 0) is 21.5 Å². The molecule has 1 saturated heterocycles. The zero-order valence-corrected chi connectivity index (χ0v) is 17.9. The van der Waals surface area contributed by atoms with Gasteiger partial charge in [0.2, 0.25) is 5.91 Å². The van der Waals surface area contributed by atoms with Gasteiger partial charge in [-0.3, -0.25) is 14.5 Å². The summed E-state index contributed by atoms with van der Waals surface area (Å²) in [6.45, 7) is 1.21. The molecule has 2 aromatic carbocycles. The van der Waals surface area contributed by atoms with E-state index in [4.69, 9.17) is 23.2 Å². The number of carbonyl (C=O) groups excluding carboxylic acids is 3. The van der Waals surface area contributed by atoms with Crippen LogP contribution >= 0.6 is 23.2 Å². The van der Waals surface area contributed by atoms with Gasteiger partial charge in [0.05, 0.1) is 6.04 Å². The first kappa shape index (κ1) is 20.7. The predicted octanol–water partition coefficient (Wildman–Crippen LogP) is 3.95.